The number of nitrogens with zero attached hydrogens (tertiary/aromatic N) is 1. The van der Waals surface area contributed by atoms with Crippen LogP contribution in [-0.4, -0.2) is 48.3 Å². The molecule has 1 aromatic carbocycles. The molecule has 1 atom stereocenters. The van der Waals surface area contributed by atoms with Gasteiger partial charge >= 0.3 is 0 Å². The third-order valence-corrected chi connectivity index (χ3v) is 5.52. The summed E-state index contributed by atoms with van der Waals surface area (Å²) >= 11 is 0. The predicted octanol–water partition coefficient (Wildman–Crippen LogP) is 1.84. The number of carbonyl (C=O) groups is 3. The van der Waals surface area contributed by atoms with Crippen molar-refractivity contribution in [1.29, 1.82) is 0 Å². The zero-order valence-corrected chi connectivity index (χ0v) is 16.4. The summed E-state index contributed by atoms with van der Waals surface area (Å²) in [4.78, 5) is 38.5. The van der Waals surface area contributed by atoms with Crippen molar-refractivity contribution in [3.05, 3.63) is 35.4 Å². The Hall–Kier alpha value is -2.37. The fourth-order valence-corrected chi connectivity index (χ4v) is 3.66. The zero-order valence-electron chi connectivity index (χ0n) is 16.4. The maximum Gasteiger partial charge on any atom is 0.253 e. The van der Waals surface area contributed by atoms with Crippen molar-refractivity contribution in [3.63, 3.8) is 0 Å². The summed E-state index contributed by atoms with van der Waals surface area (Å²) in [5, 5.41) is 5.56. The van der Waals surface area contributed by atoms with E-state index in [9.17, 15) is 14.4 Å². The molecule has 3 amide bonds. The molecule has 6 heteroatoms. The predicted molar refractivity (Wildman–Crippen MR) is 103 cm³/mol. The first-order valence-electron chi connectivity index (χ1n) is 9.73. The number of piperidine rings is 1. The van der Waals surface area contributed by atoms with Gasteiger partial charge in [-0.3, -0.25) is 14.4 Å². The standard InChI is InChI=1S/C21H29N3O3/c1-21(2,3)16-6-4-15(5-7-16)20(27)24-12-9-14(10-13-24)18(25)23-17-8-11-22-19(17)26/h4-7,14,17H,8-13H2,1-3H3,(H,22,26)(H,23,25)/t17-/m1/s1. The smallest absolute Gasteiger partial charge is 0.253 e. The van der Waals surface area contributed by atoms with E-state index < -0.39 is 6.04 Å². The normalized spacial score (nSPS) is 21.1. The Morgan fingerprint density at radius 2 is 1.70 bits per heavy atom. The summed E-state index contributed by atoms with van der Waals surface area (Å²) in [7, 11) is 0. The Morgan fingerprint density at radius 3 is 2.22 bits per heavy atom. The third kappa shape index (κ3) is 4.49. The van der Waals surface area contributed by atoms with Crippen LogP contribution in [0.1, 0.15) is 56.0 Å². The number of amides is 3. The zero-order chi connectivity index (χ0) is 19.6. The van der Waals surface area contributed by atoms with Gasteiger partial charge in [0.05, 0.1) is 0 Å². The summed E-state index contributed by atoms with van der Waals surface area (Å²) in [6.07, 6.45) is 1.91. The summed E-state index contributed by atoms with van der Waals surface area (Å²) in [6.45, 7) is 8.19. The highest BCUT2D eigenvalue weighted by molar-refractivity contribution is 5.94. The van der Waals surface area contributed by atoms with E-state index in [-0.39, 0.29) is 29.1 Å². The highest BCUT2D eigenvalue weighted by Gasteiger charge is 2.32. The van der Waals surface area contributed by atoms with E-state index in [4.69, 9.17) is 0 Å². The van der Waals surface area contributed by atoms with E-state index in [1.807, 2.05) is 29.2 Å². The topological polar surface area (TPSA) is 78.5 Å². The molecule has 0 unspecified atom stereocenters. The Morgan fingerprint density at radius 1 is 1.07 bits per heavy atom. The van der Waals surface area contributed by atoms with Gasteiger partial charge in [0.25, 0.3) is 5.91 Å². The Bertz CT molecular complexity index is 713. The van der Waals surface area contributed by atoms with Crippen molar-refractivity contribution in [2.24, 2.45) is 5.92 Å². The lowest BCUT2D eigenvalue weighted by Gasteiger charge is -2.32. The van der Waals surface area contributed by atoms with Gasteiger partial charge in [-0.1, -0.05) is 32.9 Å². The van der Waals surface area contributed by atoms with E-state index in [1.165, 1.54) is 5.56 Å². The van der Waals surface area contributed by atoms with Crippen LogP contribution in [0.25, 0.3) is 0 Å². The second kappa shape index (κ2) is 7.71. The number of rotatable bonds is 3. The van der Waals surface area contributed by atoms with Crippen LogP contribution in [0.5, 0.6) is 0 Å². The van der Waals surface area contributed by atoms with E-state index in [2.05, 4.69) is 31.4 Å². The monoisotopic (exact) mass is 371 g/mol. The van der Waals surface area contributed by atoms with Crippen LogP contribution < -0.4 is 10.6 Å². The summed E-state index contributed by atoms with van der Waals surface area (Å²) in [5.41, 5.74) is 1.95. The lowest BCUT2D eigenvalue weighted by Crippen LogP contribution is -2.47. The van der Waals surface area contributed by atoms with E-state index >= 15 is 0 Å². The lowest BCUT2D eigenvalue weighted by atomic mass is 9.86. The first-order chi connectivity index (χ1) is 12.8. The van der Waals surface area contributed by atoms with E-state index in [1.54, 1.807) is 0 Å². The number of benzene rings is 1. The van der Waals surface area contributed by atoms with Gasteiger partial charge in [-0.2, -0.15) is 0 Å². The quantitative estimate of drug-likeness (QED) is 0.851. The van der Waals surface area contributed by atoms with Crippen LogP contribution in [0.2, 0.25) is 0 Å². The van der Waals surface area contributed by atoms with Crippen molar-refractivity contribution in [1.82, 2.24) is 15.5 Å². The number of hydrogen-bond acceptors (Lipinski definition) is 3. The van der Waals surface area contributed by atoms with Crippen molar-refractivity contribution in [2.45, 2.75) is 51.5 Å². The largest absolute Gasteiger partial charge is 0.354 e. The average Bonchev–Trinajstić information content (AvgIpc) is 3.05. The molecule has 2 aliphatic heterocycles. The van der Waals surface area contributed by atoms with Gasteiger partial charge in [-0.15, -0.1) is 0 Å². The van der Waals surface area contributed by atoms with E-state index in [0.717, 1.165) is 0 Å². The Kier molecular flexibility index (Phi) is 5.53. The van der Waals surface area contributed by atoms with Gasteiger partial charge in [0.2, 0.25) is 11.8 Å². The first kappa shape index (κ1) is 19.4. The molecule has 2 saturated heterocycles. The Balaban J connectivity index is 1.53. The molecule has 0 radical (unpaired) electrons. The molecule has 2 N–H and O–H groups in total. The fourth-order valence-electron chi connectivity index (χ4n) is 3.66. The molecule has 0 aliphatic carbocycles. The van der Waals surface area contributed by atoms with Gasteiger partial charge in [0.15, 0.2) is 0 Å². The molecule has 146 valence electrons. The van der Waals surface area contributed by atoms with Crippen molar-refractivity contribution in [2.75, 3.05) is 19.6 Å². The molecule has 1 aromatic rings. The summed E-state index contributed by atoms with van der Waals surface area (Å²) in [6, 6.07) is 7.40. The Labute approximate surface area is 160 Å². The van der Waals surface area contributed by atoms with Gasteiger partial charge in [-0.25, -0.2) is 0 Å². The second-order valence-electron chi connectivity index (χ2n) is 8.53. The molecule has 2 aliphatic rings. The van der Waals surface area contributed by atoms with Crippen LogP contribution in [0.3, 0.4) is 0 Å². The average molecular weight is 371 g/mol. The first-order valence-corrected chi connectivity index (χ1v) is 9.73. The SMILES string of the molecule is CC(C)(C)c1ccc(C(=O)N2CCC(C(=O)N[C@@H]3CCNC3=O)CC2)cc1. The molecular weight excluding hydrogens is 342 g/mol. The number of hydrogen-bond donors (Lipinski definition) is 2. The van der Waals surface area contributed by atoms with Crippen molar-refractivity contribution < 1.29 is 14.4 Å². The lowest BCUT2D eigenvalue weighted by molar-refractivity contribution is -0.130. The molecule has 2 heterocycles. The minimum atomic E-state index is -0.404. The van der Waals surface area contributed by atoms with Crippen LogP contribution in [0.4, 0.5) is 0 Å². The van der Waals surface area contributed by atoms with Crippen LogP contribution in [-0.2, 0) is 15.0 Å². The number of likely N-dealkylation sites (tertiary alicyclic amines) is 1. The van der Waals surface area contributed by atoms with Crippen LogP contribution >= 0.6 is 0 Å². The van der Waals surface area contributed by atoms with Gasteiger partial charge < -0.3 is 15.5 Å². The van der Waals surface area contributed by atoms with Crippen LogP contribution in [0, 0.1) is 5.92 Å². The van der Waals surface area contributed by atoms with Crippen LogP contribution in [0.15, 0.2) is 24.3 Å². The molecule has 27 heavy (non-hydrogen) atoms. The third-order valence-electron chi connectivity index (χ3n) is 5.52. The highest BCUT2D eigenvalue weighted by atomic mass is 16.2. The van der Waals surface area contributed by atoms with Gasteiger partial charge in [0.1, 0.15) is 6.04 Å². The second-order valence-corrected chi connectivity index (χ2v) is 8.53. The maximum atomic E-state index is 12.7. The fraction of sp³-hybridized carbons (Fsp3) is 0.571. The molecule has 0 aromatic heterocycles. The number of carbonyl (C=O) groups excluding carboxylic acids is 3. The minimum Gasteiger partial charge on any atom is -0.354 e. The highest BCUT2D eigenvalue weighted by Crippen LogP contribution is 2.24. The van der Waals surface area contributed by atoms with Gasteiger partial charge in [0, 0.05) is 31.1 Å². The molecule has 0 saturated carbocycles. The van der Waals surface area contributed by atoms with Crippen molar-refractivity contribution in [3.8, 4) is 0 Å². The molecular formula is C21H29N3O3. The number of nitrogens with one attached hydrogen (secondary N) is 2. The summed E-state index contributed by atoms with van der Waals surface area (Å²) < 4.78 is 0. The van der Waals surface area contributed by atoms with Crippen molar-refractivity contribution >= 4 is 17.7 Å². The summed E-state index contributed by atoms with van der Waals surface area (Å²) in [5.74, 6) is -0.288. The molecule has 2 fully saturated rings. The molecule has 3 rings (SSSR count). The molecule has 0 bridgehead atoms. The minimum absolute atomic E-state index is 0.0180. The van der Waals surface area contributed by atoms with E-state index in [0.29, 0.717) is 44.5 Å². The molecule has 6 nitrogen and oxygen atoms in total. The molecule has 0 spiro atoms. The maximum absolute atomic E-state index is 12.7. The van der Waals surface area contributed by atoms with Gasteiger partial charge in [-0.05, 0) is 42.4 Å².